The van der Waals surface area contributed by atoms with Crippen LogP contribution in [0.4, 0.5) is 0 Å². The third-order valence-electron chi connectivity index (χ3n) is 3.34. The van der Waals surface area contributed by atoms with Crippen LogP contribution in [-0.4, -0.2) is 23.1 Å². The lowest BCUT2D eigenvalue weighted by atomic mass is 10.1. The van der Waals surface area contributed by atoms with Gasteiger partial charge >= 0.3 is 0 Å². The Morgan fingerprint density at radius 2 is 2.32 bits per heavy atom. The molecule has 1 saturated heterocycles. The van der Waals surface area contributed by atoms with Gasteiger partial charge in [-0.05, 0) is 24.1 Å². The van der Waals surface area contributed by atoms with E-state index in [0.29, 0.717) is 6.42 Å². The Labute approximate surface area is 124 Å². The molecule has 1 fully saturated rings. The third kappa shape index (κ3) is 3.90. The summed E-state index contributed by atoms with van der Waals surface area (Å²) in [6, 6.07) is 7.85. The van der Waals surface area contributed by atoms with Crippen molar-refractivity contribution in [1.82, 2.24) is 4.90 Å². The molecule has 19 heavy (non-hydrogen) atoms. The van der Waals surface area contributed by atoms with E-state index in [0.717, 1.165) is 42.1 Å². The molecule has 2 nitrogen and oxygen atoms in total. The van der Waals surface area contributed by atoms with E-state index < -0.39 is 0 Å². The lowest BCUT2D eigenvalue weighted by Crippen LogP contribution is -2.30. The summed E-state index contributed by atoms with van der Waals surface area (Å²) in [6.07, 6.45) is 3.96. The maximum absolute atomic E-state index is 12.3. The van der Waals surface area contributed by atoms with Crippen molar-refractivity contribution in [3.63, 3.8) is 0 Å². The van der Waals surface area contributed by atoms with Crippen LogP contribution in [0.1, 0.15) is 43.5 Å². The quantitative estimate of drug-likeness (QED) is 0.746. The fourth-order valence-corrected chi connectivity index (χ4v) is 3.80. The first-order valence-corrected chi connectivity index (χ1v) is 8.31. The molecule has 0 aliphatic carbocycles. The number of benzene rings is 1. The minimum absolute atomic E-state index is 0.146. The zero-order chi connectivity index (χ0) is 13.7. The standard InChI is InChI=1S/C15H20ClNOS/c1-2-3-4-8-14(18)17-9-10-19-15(17)12-6-5-7-13(16)11-12/h5-7,11,15H,2-4,8-10H2,1H3. The Hall–Kier alpha value is -0.670. The topological polar surface area (TPSA) is 20.3 Å². The van der Waals surface area contributed by atoms with Crippen molar-refractivity contribution >= 4 is 29.3 Å². The maximum Gasteiger partial charge on any atom is 0.223 e. The summed E-state index contributed by atoms with van der Waals surface area (Å²) < 4.78 is 0. The van der Waals surface area contributed by atoms with Crippen LogP contribution < -0.4 is 0 Å². The van der Waals surface area contributed by atoms with Crippen LogP contribution in [0.15, 0.2) is 24.3 Å². The van der Waals surface area contributed by atoms with Crippen molar-refractivity contribution in [3.8, 4) is 0 Å². The molecule has 1 aromatic carbocycles. The van der Waals surface area contributed by atoms with Gasteiger partial charge in [0.2, 0.25) is 5.91 Å². The van der Waals surface area contributed by atoms with Gasteiger partial charge < -0.3 is 4.90 Å². The minimum atomic E-state index is 0.146. The fraction of sp³-hybridized carbons (Fsp3) is 0.533. The number of amides is 1. The summed E-state index contributed by atoms with van der Waals surface area (Å²) >= 11 is 7.87. The number of nitrogens with zero attached hydrogens (tertiary/aromatic N) is 1. The smallest absolute Gasteiger partial charge is 0.223 e. The summed E-state index contributed by atoms with van der Waals surface area (Å²) in [7, 11) is 0. The molecule has 2 rings (SSSR count). The first-order valence-electron chi connectivity index (χ1n) is 6.89. The molecule has 1 aliphatic heterocycles. The first kappa shape index (κ1) is 14.7. The highest BCUT2D eigenvalue weighted by atomic mass is 35.5. The second kappa shape index (κ2) is 7.20. The minimum Gasteiger partial charge on any atom is -0.326 e. The molecule has 0 saturated carbocycles. The second-order valence-corrected chi connectivity index (χ2v) is 6.45. The fourth-order valence-electron chi connectivity index (χ4n) is 2.33. The molecule has 1 heterocycles. The van der Waals surface area contributed by atoms with E-state index in [1.54, 1.807) is 0 Å². The Balaban J connectivity index is 2.02. The van der Waals surface area contributed by atoms with E-state index in [2.05, 4.69) is 13.0 Å². The van der Waals surface area contributed by atoms with Gasteiger partial charge in [0.25, 0.3) is 0 Å². The van der Waals surface area contributed by atoms with Crippen LogP contribution >= 0.6 is 23.4 Å². The van der Waals surface area contributed by atoms with Gasteiger partial charge in [0.1, 0.15) is 5.37 Å². The summed E-state index contributed by atoms with van der Waals surface area (Å²) in [5.41, 5.74) is 1.14. The zero-order valence-corrected chi connectivity index (χ0v) is 12.8. The van der Waals surface area contributed by atoms with Gasteiger partial charge in [0.15, 0.2) is 0 Å². The van der Waals surface area contributed by atoms with E-state index in [1.165, 1.54) is 0 Å². The Morgan fingerprint density at radius 3 is 3.05 bits per heavy atom. The predicted octanol–water partition coefficient (Wildman–Crippen LogP) is 4.49. The van der Waals surface area contributed by atoms with Crippen molar-refractivity contribution in [2.75, 3.05) is 12.3 Å². The summed E-state index contributed by atoms with van der Waals surface area (Å²) in [5, 5.41) is 0.885. The summed E-state index contributed by atoms with van der Waals surface area (Å²) in [6.45, 7) is 3.01. The summed E-state index contributed by atoms with van der Waals surface area (Å²) in [4.78, 5) is 14.3. The van der Waals surface area contributed by atoms with Gasteiger partial charge in [0.05, 0.1) is 0 Å². The lowest BCUT2D eigenvalue weighted by Gasteiger charge is -2.24. The molecule has 0 spiro atoms. The number of hydrogen-bond donors (Lipinski definition) is 0. The van der Waals surface area contributed by atoms with Crippen LogP contribution in [0, 0.1) is 0 Å². The molecule has 104 valence electrons. The van der Waals surface area contributed by atoms with Crippen molar-refractivity contribution < 1.29 is 4.79 Å². The monoisotopic (exact) mass is 297 g/mol. The van der Waals surface area contributed by atoms with E-state index in [4.69, 9.17) is 11.6 Å². The van der Waals surface area contributed by atoms with Gasteiger partial charge in [-0.15, -0.1) is 11.8 Å². The normalized spacial score (nSPS) is 18.8. The molecular formula is C15H20ClNOS. The Kier molecular flexibility index (Phi) is 5.59. The van der Waals surface area contributed by atoms with Crippen LogP contribution in [-0.2, 0) is 4.79 Å². The Morgan fingerprint density at radius 1 is 1.47 bits per heavy atom. The van der Waals surface area contributed by atoms with Gasteiger partial charge in [-0.25, -0.2) is 0 Å². The number of rotatable bonds is 5. The Bertz CT molecular complexity index is 438. The van der Waals surface area contributed by atoms with Crippen LogP contribution in [0.5, 0.6) is 0 Å². The van der Waals surface area contributed by atoms with Crippen LogP contribution in [0.3, 0.4) is 0 Å². The number of unbranched alkanes of at least 4 members (excludes halogenated alkanes) is 2. The maximum atomic E-state index is 12.3. The SMILES string of the molecule is CCCCCC(=O)N1CCSC1c1cccc(Cl)c1. The summed E-state index contributed by atoms with van der Waals surface area (Å²) in [5.74, 6) is 1.29. The molecular weight excluding hydrogens is 278 g/mol. The van der Waals surface area contributed by atoms with Crippen molar-refractivity contribution in [1.29, 1.82) is 0 Å². The molecule has 1 amide bonds. The molecule has 4 heteroatoms. The second-order valence-electron chi connectivity index (χ2n) is 4.82. The van der Waals surface area contributed by atoms with Gasteiger partial charge in [-0.1, -0.05) is 43.5 Å². The third-order valence-corrected chi connectivity index (χ3v) is 4.84. The lowest BCUT2D eigenvalue weighted by molar-refractivity contribution is -0.131. The van der Waals surface area contributed by atoms with Crippen LogP contribution in [0.2, 0.25) is 5.02 Å². The number of carbonyl (C=O) groups excluding carboxylic acids is 1. The zero-order valence-electron chi connectivity index (χ0n) is 11.3. The van der Waals surface area contributed by atoms with Gasteiger partial charge in [0, 0.05) is 23.7 Å². The molecule has 1 aliphatic rings. The number of halogens is 1. The number of thioether (sulfide) groups is 1. The largest absolute Gasteiger partial charge is 0.326 e. The van der Waals surface area contributed by atoms with Gasteiger partial charge in [-0.3, -0.25) is 4.79 Å². The average molecular weight is 298 g/mol. The predicted molar refractivity (Wildman–Crippen MR) is 82.5 cm³/mol. The van der Waals surface area contributed by atoms with E-state index >= 15 is 0 Å². The highest BCUT2D eigenvalue weighted by molar-refractivity contribution is 7.99. The molecule has 0 N–H and O–H groups in total. The number of carbonyl (C=O) groups is 1. The van der Waals surface area contributed by atoms with E-state index in [-0.39, 0.29) is 11.3 Å². The molecule has 1 aromatic rings. The van der Waals surface area contributed by atoms with Crippen molar-refractivity contribution in [2.24, 2.45) is 0 Å². The number of hydrogen-bond acceptors (Lipinski definition) is 2. The van der Waals surface area contributed by atoms with E-state index in [1.807, 2.05) is 34.9 Å². The molecule has 0 radical (unpaired) electrons. The highest BCUT2D eigenvalue weighted by Crippen LogP contribution is 2.39. The van der Waals surface area contributed by atoms with Crippen molar-refractivity contribution in [2.45, 2.75) is 38.0 Å². The average Bonchev–Trinajstić information content (AvgIpc) is 2.88. The molecule has 1 atom stereocenters. The molecule has 1 unspecified atom stereocenters. The first-order chi connectivity index (χ1) is 9.22. The van der Waals surface area contributed by atoms with Gasteiger partial charge in [-0.2, -0.15) is 0 Å². The van der Waals surface area contributed by atoms with Crippen LogP contribution in [0.25, 0.3) is 0 Å². The molecule has 0 aromatic heterocycles. The highest BCUT2D eigenvalue weighted by Gasteiger charge is 2.30. The van der Waals surface area contributed by atoms with E-state index in [9.17, 15) is 4.79 Å². The molecule has 0 bridgehead atoms. The van der Waals surface area contributed by atoms with Crippen molar-refractivity contribution in [3.05, 3.63) is 34.9 Å².